The molecule has 1 aromatic heterocycles. The first-order chi connectivity index (χ1) is 9.33. The maximum atomic E-state index is 4.58. The molecule has 3 rings (SSSR count). The summed E-state index contributed by atoms with van der Waals surface area (Å²) in [5.74, 6) is 0.946. The van der Waals surface area contributed by atoms with E-state index in [0.29, 0.717) is 0 Å². The summed E-state index contributed by atoms with van der Waals surface area (Å²) in [6.45, 7) is 3.15. The van der Waals surface area contributed by atoms with Gasteiger partial charge in [-0.1, -0.05) is 43.9 Å². The number of nitrogens with one attached hydrogen (secondary N) is 1. The molecular formula is C17H22N2. The number of benzene rings is 1. The molecule has 0 saturated heterocycles. The number of rotatable bonds is 4. The van der Waals surface area contributed by atoms with Crippen LogP contribution in [0.2, 0.25) is 0 Å². The molecule has 0 atom stereocenters. The molecule has 19 heavy (non-hydrogen) atoms. The summed E-state index contributed by atoms with van der Waals surface area (Å²) < 4.78 is 0. The highest BCUT2D eigenvalue weighted by Crippen LogP contribution is 2.28. The summed E-state index contributed by atoms with van der Waals surface area (Å²) in [7, 11) is 0. The Bertz CT molecular complexity index is 556. The molecule has 1 heterocycles. The Labute approximate surface area is 115 Å². The van der Waals surface area contributed by atoms with E-state index in [1.807, 2.05) is 0 Å². The molecule has 0 spiro atoms. The van der Waals surface area contributed by atoms with Crippen LogP contribution in [0.4, 0.5) is 5.69 Å². The van der Waals surface area contributed by atoms with E-state index < -0.39 is 0 Å². The van der Waals surface area contributed by atoms with E-state index in [9.17, 15) is 0 Å². The van der Waals surface area contributed by atoms with Crippen LogP contribution in [-0.4, -0.2) is 11.5 Å². The zero-order chi connectivity index (χ0) is 13.1. The fourth-order valence-corrected chi connectivity index (χ4v) is 3.16. The first-order valence-electron chi connectivity index (χ1n) is 7.43. The smallest absolute Gasteiger partial charge is 0.0725 e. The normalized spacial score (nSPS) is 16.1. The summed E-state index contributed by atoms with van der Waals surface area (Å²) in [4.78, 5) is 4.58. The Morgan fingerprint density at radius 1 is 1.21 bits per heavy atom. The molecule has 1 aliphatic carbocycles. The van der Waals surface area contributed by atoms with Gasteiger partial charge in [0.05, 0.1) is 5.52 Å². The molecule has 2 aromatic rings. The van der Waals surface area contributed by atoms with E-state index in [4.69, 9.17) is 0 Å². The minimum absolute atomic E-state index is 0.946. The minimum atomic E-state index is 0.946. The number of hydrogen-bond acceptors (Lipinski definition) is 2. The second-order valence-electron chi connectivity index (χ2n) is 5.69. The molecule has 1 saturated carbocycles. The van der Waals surface area contributed by atoms with E-state index >= 15 is 0 Å². The van der Waals surface area contributed by atoms with Crippen molar-refractivity contribution in [2.75, 3.05) is 11.9 Å². The Morgan fingerprint density at radius 2 is 2.00 bits per heavy atom. The summed E-state index contributed by atoms with van der Waals surface area (Å²) in [5, 5.41) is 4.85. The Morgan fingerprint density at radius 3 is 2.84 bits per heavy atom. The van der Waals surface area contributed by atoms with Crippen molar-refractivity contribution in [1.82, 2.24) is 4.98 Å². The van der Waals surface area contributed by atoms with E-state index in [-0.39, 0.29) is 0 Å². The lowest BCUT2D eigenvalue weighted by Gasteiger charge is -2.13. The van der Waals surface area contributed by atoms with Gasteiger partial charge in [-0.15, -0.1) is 0 Å². The number of pyridine rings is 1. The average Bonchev–Trinajstić information content (AvgIpc) is 2.91. The van der Waals surface area contributed by atoms with E-state index in [2.05, 4.69) is 47.6 Å². The second kappa shape index (κ2) is 5.60. The monoisotopic (exact) mass is 254 g/mol. The molecule has 1 aromatic carbocycles. The predicted molar refractivity (Wildman–Crippen MR) is 81.5 cm³/mol. The lowest BCUT2D eigenvalue weighted by atomic mass is 10.0. The summed E-state index contributed by atoms with van der Waals surface area (Å²) in [6.07, 6.45) is 7.02. The quantitative estimate of drug-likeness (QED) is 0.866. The molecule has 0 unspecified atom stereocenters. The van der Waals surface area contributed by atoms with E-state index in [1.54, 1.807) is 0 Å². The van der Waals surface area contributed by atoms with Crippen molar-refractivity contribution < 1.29 is 0 Å². The lowest BCUT2D eigenvalue weighted by Crippen LogP contribution is -2.07. The number of aromatic nitrogens is 1. The molecule has 0 aliphatic heterocycles. The van der Waals surface area contributed by atoms with Crippen molar-refractivity contribution in [1.29, 1.82) is 0 Å². The van der Waals surface area contributed by atoms with Crippen LogP contribution >= 0.6 is 0 Å². The summed E-state index contributed by atoms with van der Waals surface area (Å²) in [5.41, 5.74) is 3.41. The molecule has 2 nitrogen and oxygen atoms in total. The van der Waals surface area contributed by atoms with Gasteiger partial charge in [0.1, 0.15) is 0 Å². The first kappa shape index (κ1) is 12.5. The van der Waals surface area contributed by atoms with Crippen molar-refractivity contribution in [3.8, 4) is 0 Å². The fraction of sp³-hybridized carbons (Fsp3) is 0.471. The number of para-hydroxylation sites is 1. The Balaban J connectivity index is 1.72. The van der Waals surface area contributed by atoms with Crippen molar-refractivity contribution in [2.24, 2.45) is 5.92 Å². The van der Waals surface area contributed by atoms with E-state index in [1.165, 1.54) is 43.2 Å². The Kier molecular flexibility index (Phi) is 3.67. The second-order valence-corrected chi connectivity index (χ2v) is 5.69. The fourth-order valence-electron chi connectivity index (χ4n) is 3.16. The maximum Gasteiger partial charge on any atom is 0.0725 e. The van der Waals surface area contributed by atoms with Gasteiger partial charge in [-0.3, -0.25) is 4.98 Å². The van der Waals surface area contributed by atoms with Gasteiger partial charge < -0.3 is 5.32 Å². The highest BCUT2D eigenvalue weighted by molar-refractivity contribution is 5.91. The number of nitrogens with zero attached hydrogens (tertiary/aromatic N) is 1. The van der Waals surface area contributed by atoms with Crippen LogP contribution in [-0.2, 0) is 0 Å². The van der Waals surface area contributed by atoms with Crippen LogP contribution in [0.3, 0.4) is 0 Å². The molecule has 1 fully saturated rings. The largest absolute Gasteiger partial charge is 0.384 e. The SMILES string of the molecule is Cc1cc(NCCC2CCCC2)c2ccccc2n1. The molecule has 100 valence electrons. The third-order valence-electron chi connectivity index (χ3n) is 4.19. The minimum Gasteiger partial charge on any atom is -0.384 e. The zero-order valence-electron chi connectivity index (χ0n) is 11.7. The predicted octanol–water partition coefficient (Wildman–Crippen LogP) is 4.54. The summed E-state index contributed by atoms with van der Waals surface area (Å²) >= 11 is 0. The average molecular weight is 254 g/mol. The van der Waals surface area contributed by atoms with Crippen molar-refractivity contribution in [3.05, 3.63) is 36.0 Å². The zero-order valence-corrected chi connectivity index (χ0v) is 11.7. The van der Waals surface area contributed by atoms with Crippen LogP contribution in [0, 0.1) is 12.8 Å². The van der Waals surface area contributed by atoms with Gasteiger partial charge in [-0.2, -0.15) is 0 Å². The van der Waals surface area contributed by atoms with Crippen LogP contribution in [0.5, 0.6) is 0 Å². The molecule has 0 bridgehead atoms. The van der Waals surface area contributed by atoms with Crippen LogP contribution < -0.4 is 5.32 Å². The molecule has 1 aliphatic rings. The number of hydrogen-bond donors (Lipinski definition) is 1. The topological polar surface area (TPSA) is 24.9 Å². The number of fused-ring (bicyclic) bond motifs is 1. The van der Waals surface area contributed by atoms with Crippen LogP contribution in [0.15, 0.2) is 30.3 Å². The van der Waals surface area contributed by atoms with Gasteiger partial charge in [-0.05, 0) is 31.4 Å². The molecular weight excluding hydrogens is 232 g/mol. The highest BCUT2D eigenvalue weighted by atomic mass is 14.9. The van der Waals surface area contributed by atoms with Crippen molar-refractivity contribution in [3.63, 3.8) is 0 Å². The molecule has 1 N–H and O–H groups in total. The van der Waals surface area contributed by atoms with Crippen molar-refractivity contribution >= 4 is 16.6 Å². The van der Waals surface area contributed by atoms with Gasteiger partial charge in [0.25, 0.3) is 0 Å². The first-order valence-corrected chi connectivity index (χ1v) is 7.43. The lowest BCUT2D eigenvalue weighted by molar-refractivity contribution is 0.519. The van der Waals surface area contributed by atoms with E-state index in [0.717, 1.165) is 23.7 Å². The van der Waals surface area contributed by atoms with Gasteiger partial charge in [-0.25, -0.2) is 0 Å². The molecule has 2 heteroatoms. The highest BCUT2D eigenvalue weighted by Gasteiger charge is 2.14. The third kappa shape index (κ3) is 2.89. The Hall–Kier alpha value is -1.57. The van der Waals surface area contributed by atoms with Gasteiger partial charge >= 0.3 is 0 Å². The van der Waals surface area contributed by atoms with Gasteiger partial charge in [0.15, 0.2) is 0 Å². The number of anilines is 1. The standard InChI is InChI=1S/C17H22N2/c1-13-12-17(15-8-4-5-9-16(15)19-13)18-11-10-14-6-2-3-7-14/h4-5,8-9,12,14H,2-3,6-7,10-11H2,1H3,(H,18,19). The third-order valence-corrected chi connectivity index (χ3v) is 4.19. The van der Waals surface area contributed by atoms with Crippen molar-refractivity contribution in [2.45, 2.75) is 39.0 Å². The maximum absolute atomic E-state index is 4.58. The summed E-state index contributed by atoms with van der Waals surface area (Å²) in [6, 6.07) is 10.5. The number of aryl methyl sites for hydroxylation is 1. The van der Waals surface area contributed by atoms with Gasteiger partial charge in [0, 0.05) is 23.3 Å². The molecule has 0 amide bonds. The van der Waals surface area contributed by atoms with Crippen LogP contribution in [0.1, 0.15) is 37.8 Å². The van der Waals surface area contributed by atoms with Crippen LogP contribution in [0.25, 0.3) is 10.9 Å². The molecule has 0 radical (unpaired) electrons. The van der Waals surface area contributed by atoms with Gasteiger partial charge in [0.2, 0.25) is 0 Å².